The van der Waals surface area contributed by atoms with Crippen LogP contribution < -0.4 is 10.6 Å². The van der Waals surface area contributed by atoms with Crippen molar-refractivity contribution in [1.29, 1.82) is 0 Å². The predicted octanol–water partition coefficient (Wildman–Crippen LogP) is 2.25. The fourth-order valence-corrected chi connectivity index (χ4v) is 4.16. The van der Waals surface area contributed by atoms with E-state index in [1.54, 1.807) is 7.05 Å². The van der Waals surface area contributed by atoms with E-state index in [-0.39, 0.29) is 18.5 Å². The lowest BCUT2D eigenvalue weighted by Crippen LogP contribution is -2.49. The van der Waals surface area contributed by atoms with E-state index >= 15 is 0 Å². The summed E-state index contributed by atoms with van der Waals surface area (Å²) < 4.78 is 25.0. The average molecular weight is 422 g/mol. The SMILES string of the molecule is CN=C(NCCCC(=O)N1CCc2ccccc2C1)NC1CCN(CC(F)F)CC1. The Hall–Kier alpha value is -2.22. The molecule has 0 spiro atoms. The number of piperidine rings is 1. The minimum Gasteiger partial charge on any atom is -0.356 e. The summed E-state index contributed by atoms with van der Waals surface area (Å²) in [5.41, 5.74) is 2.59. The minimum atomic E-state index is -2.27. The zero-order chi connectivity index (χ0) is 21.3. The summed E-state index contributed by atoms with van der Waals surface area (Å²) in [7, 11) is 1.72. The molecule has 8 heteroatoms. The van der Waals surface area contributed by atoms with Crippen LogP contribution in [0.4, 0.5) is 8.78 Å². The first-order valence-corrected chi connectivity index (χ1v) is 10.9. The Morgan fingerprint density at radius 2 is 1.93 bits per heavy atom. The maximum atomic E-state index is 12.5. The quantitative estimate of drug-likeness (QED) is 0.403. The molecule has 2 heterocycles. The largest absolute Gasteiger partial charge is 0.356 e. The minimum absolute atomic E-state index is 0.143. The number of hydrogen-bond acceptors (Lipinski definition) is 3. The fourth-order valence-electron chi connectivity index (χ4n) is 4.16. The second-order valence-electron chi connectivity index (χ2n) is 8.05. The maximum absolute atomic E-state index is 12.5. The van der Waals surface area contributed by atoms with E-state index < -0.39 is 6.43 Å². The molecule has 166 valence electrons. The number of aliphatic imine (C=N–C) groups is 1. The zero-order valence-corrected chi connectivity index (χ0v) is 17.7. The van der Waals surface area contributed by atoms with E-state index in [0.717, 1.165) is 32.2 Å². The number of likely N-dealkylation sites (tertiary alicyclic amines) is 1. The Morgan fingerprint density at radius 1 is 1.20 bits per heavy atom. The fraction of sp³-hybridized carbons (Fsp3) is 0.636. The molecule has 30 heavy (non-hydrogen) atoms. The van der Waals surface area contributed by atoms with Crippen molar-refractivity contribution < 1.29 is 13.6 Å². The van der Waals surface area contributed by atoms with Crippen LogP contribution in [0.5, 0.6) is 0 Å². The average Bonchev–Trinajstić information content (AvgIpc) is 2.76. The van der Waals surface area contributed by atoms with Gasteiger partial charge in [0.25, 0.3) is 6.43 Å². The van der Waals surface area contributed by atoms with Gasteiger partial charge in [-0.3, -0.25) is 14.7 Å². The van der Waals surface area contributed by atoms with Gasteiger partial charge in [0, 0.05) is 52.2 Å². The highest BCUT2D eigenvalue weighted by Gasteiger charge is 2.22. The molecular formula is C22H33F2N5O. The third-order valence-electron chi connectivity index (χ3n) is 5.89. The molecule has 0 atom stereocenters. The van der Waals surface area contributed by atoms with Gasteiger partial charge in [-0.2, -0.15) is 0 Å². The van der Waals surface area contributed by atoms with Crippen LogP contribution in [0.3, 0.4) is 0 Å². The van der Waals surface area contributed by atoms with Crippen LogP contribution in [-0.2, 0) is 17.8 Å². The summed E-state index contributed by atoms with van der Waals surface area (Å²) >= 11 is 0. The summed E-state index contributed by atoms with van der Waals surface area (Å²) in [6.45, 7) is 3.36. The van der Waals surface area contributed by atoms with E-state index in [9.17, 15) is 13.6 Å². The van der Waals surface area contributed by atoms with Gasteiger partial charge in [0.1, 0.15) is 0 Å². The van der Waals surface area contributed by atoms with Gasteiger partial charge in [-0.15, -0.1) is 0 Å². The molecule has 2 aliphatic rings. The first kappa shape index (κ1) is 22.5. The molecule has 0 bridgehead atoms. The first-order chi connectivity index (χ1) is 14.5. The lowest BCUT2D eigenvalue weighted by molar-refractivity contribution is -0.132. The summed E-state index contributed by atoms with van der Waals surface area (Å²) in [6.07, 6.45) is 1.55. The number of halogens is 2. The molecule has 1 amide bonds. The van der Waals surface area contributed by atoms with Gasteiger partial charge in [0.15, 0.2) is 5.96 Å². The number of fused-ring (bicyclic) bond motifs is 1. The van der Waals surface area contributed by atoms with Gasteiger partial charge in [-0.25, -0.2) is 8.78 Å². The Bertz CT molecular complexity index is 719. The summed E-state index contributed by atoms with van der Waals surface area (Å²) in [5.74, 6) is 0.905. The highest BCUT2D eigenvalue weighted by Crippen LogP contribution is 2.19. The number of rotatable bonds is 7. The molecule has 1 fully saturated rings. The molecule has 0 radical (unpaired) electrons. The van der Waals surface area contributed by atoms with Crippen LogP contribution in [-0.4, -0.2) is 73.9 Å². The molecule has 1 aromatic rings. The molecule has 0 aliphatic carbocycles. The van der Waals surface area contributed by atoms with Crippen LogP contribution in [0.2, 0.25) is 0 Å². The van der Waals surface area contributed by atoms with E-state index in [0.29, 0.717) is 38.6 Å². The molecule has 1 saturated heterocycles. The normalized spacial score (nSPS) is 18.4. The standard InChI is InChI=1S/C22H33F2N5O/c1-25-22(27-19-9-12-28(13-10-19)16-20(23)24)26-11-4-7-21(30)29-14-8-17-5-2-3-6-18(17)15-29/h2-3,5-6,19-20H,4,7-16H2,1H3,(H2,25,26,27). The van der Waals surface area contributed by atoms with E-state index in [1.165, 1.54) is 11.1 Å². The molecule has 0 saturated carbocycles. The van der Waals surface area contributed by atoms with Crippen molar-refractivity contribution in [2.45, 2.75) is 51.1 Å². The van der Waals surface area contributed by atoms with E-state index in [1.807, 2.05) is 15.9 Å². The number of alkyl halides is 2. The Kier molecular flexibility index (Phi) is 8.42. The third kappa shape index (κ3) is 6.65. The van der Waals surface area contributed by atoms with Crippen LogP contribution in [0.15, 0.2) is 29.3 Å². The first-order valence-electron chi connectivity index (χ1n) is 10.9. The van der Waals surface area contributed by atoms with Crippen molar-refractivity contribution >= 4 is 11.9 Å². The van der Waals surface area contributed by atoms with Gasteiger partial charge >= 0.3 is 0 Å². The van der Waals surface area contributed by atoms with E-state index in [2.05, 4.69) is 33.8 Å². The van der Waals surface area contributed by atoms with Crippen LogP contribution in [0, 0.1) is 0 Å². The highest BCUT2D eigenvalue weighted by molar-refractivity contribution is 5.80. The molecule has 0 unspecified atom stereocenters. The van der Waals surface area contributed by atoms with Crippen LogP contribution in [0.1, 0.15) is 36.8 Å². The molecule has 1 aromatic carbocycles. The number of carbonyl (C=O) groups excluding carboxylic acids is 1. The molecule has 2 aliphatic heterocycles. The molecule has 3 rings (SSSR count). The van der Waals surface area contributed by atoms with Crippen molar-refractivity contribution in [3.8, 4) is 0 Å². The van der Waals surface area contributed by atoms with E-state index in [4.69, 9.17) is 0 Å². The Morgan fingerprint density at radius 3 is 2.63 bits per heavy atom. The number of carbonyl (C=O) groups is 1. The van der Waals surface area contributed by atoms with Crippen molar-refractivity contribution in [2.75, 3.05) is 39.8 Å². The van der Waals surface area contributed by atoms with Crippen LogP contribution in [0.25, 0.3) is 0 Å². The monoisotopic (exact) mass is 421 g/mol. The zero-order valence-electron chi connectivity index (χ0n) is 17.7. The summed E-state index contributed by atoms with van der Waals surface area (Å²) in [6, 6.07) is 8.56. The maximum Gasteiger partial charge on any atom is 0.251 e. The molecular weight excluding hydrogens is 388 g/mol. The summed E-state index contributed by atoms with van der Waals surface area (Å²) in [5, 5.41) is 6.64. The number of hydrogen-bond donors (Lipinski definition) is 2. The predicted molar refractivity (Wildman–Crippen MR) is 115 cm³/mol. The van der Waals surface area contributed by atoms with Crippen molar-refractivity contribution in [2.24, 2.45) is 4.99 Å². The van der Waals surface area contributed by atoms with Gasteiger partial charge < -0.3 is 15.5 Å². The second-order valence-corrected chi connectivity index (χ2v) is 8.05. The molecule has 2 N–H and O–H groups in total. The lowest BCUT2D eigenvalue weighted by Gasteiger charge is -2.32. The highest BCUT2D eigenvalue weighted by atomic mass is 19.3. The van der Waals surface area contributed by atoms with Crippen LogP contribution >= 0.6 is 0 Å². The van der Waals surface area contributed by atoms with Crippen molar-refractivity contribution in [3.63, 3.8) is 0 Å². The lowest BCUT2D eigenvalue weighted by atomic mass is 9.99. The summed E-state index contributed by atoms with van der Waals surface area (Å²) in [4.78, 5) is 20.5. The molecule has 0 aromatic heterocycles. The number of benzene rings is 1. The van der Waals surface area contributed by atoms with Crippen molar-refractivity contribution in [1.82, 2.24) is 20.4 Å². The Balaban J connectivity index is 1.32. The number of guanidine groups is 1. The van der Waals surface area contributed by atoms with Gasteiger partial charge in [-0.1, -0.05) is 24.3 Å². The number of amides is 1. The van der Waals surface area contributed by atoms with Gasteiger partial charge in [-0.05, 0) is 36.8 Å². The Labute approximate surface area is 177 Å². The smallest absolute Gasteiger partial charge is 0.251 e. The third-order valence-corrected chi connectivity index (χ3v) is 5.89. The molecule has 6 nitrogen and oxygen atoms in total. The van der Waals surface area contributed by atoms with Crippen molar-refractivity contribution in [3.05, 3.63) is 35.4 Å². The number of nitrogens with one attached hydrogen (secondary N) is 2. The van der Waals surface area contributed by atoms with Gasteiger partial charge in [0.05, 0.1) is 6.54 Å². The second kappa shape index (κ2) is 11.2. The topological polar surface area (TPSA) is 60.0 Å². The number of nitrogens with zero attached hydrogens (tertiary/aromatic N) is 3. The van der Waals surface area contributed by atoms with Gasteiger partial charge in [0.2, 0.25) is 5.91 Å².